The molecule has 4 aromatic rings. The summed E-state index contributed by atoms with van der Waals surface area (Å²) in [6.07, 6.45) is 1.47. The van der Waals surface area contributed by atoms with Crippen LogP contribution in [0.15, 0.2) is 78.3 Å². The number of esters is 1. The maximum atomic E-state index is 13.2. The third kappa shape index (κ3) is 4.69. The number of thiophene rings is 1. The second-order valence-electron chi connectivity index (χ2n) is 7.78. The normalized spacial score (nSPS) is 15.3. The Bertz CT molecular complexity index is 1370. The molecule has 5 rings (SSSR count). The van der Waals surface area contributed by atoms with Crippen LogP contribution >= 0.6 is 11.3 Å². The second kappa shape index (κ2) is 9.51. The number of urea groups is 1. The molecular weight excluding hydrogens is 471 g/mol. The minimum Gasteiger partial charge on any atom is -0.461 e. The quantitative estimate of drug-likeness (QED) is 0.308. The van der Waals surface area contributed by atoms with Crippen LogP contribution in [0, 0.1) is 5.82 Å². The van der Waals surface area contributed by atoms with Crippen molar-refractivity contribution in [2.75, 3.05) is 4.90 Å². The van der Waals surface area contributed by atoms with Crippen LogP contribution in [0.25, 0.3) is 16.3 Å². The third-order valence-corrected chi connectivity index (χ3v) is 6.31. The van der Waals surface area contributed by atoms with Gasteiger partial charge in [0, 0.05) is 11.8 Å². The van der Waals surface area contributed by atoms with E-state index >= 15 is 0 Å². The van der Waals surface area contributed by atoms with Crippen molar-refractivity contribution in [1.29, 1.82) is 0 Å². The van der Waals surface area contributed by atoms with Gasteiger partial charge in [-0.1, -0.05) is 24.3 Å². The molecule has 0 saturated carbocycles. The zero-order valence-electron chi connectivity index (χ0n) is 18.3. The molecule has 8 nitrogen and oxygen atoms in total. The first-order valence-electron chi connectivity index (χ1n) is 10.7. The summed E-state index contributed by atoms with van der Waals surface area (Å²) in [5, 5.41) is 9.09. The lowest BCUT2D eigenvalue weighted by Crippen LogP contribution is -2.33. The number of aromatic nitrogens is 2. The number of hydrogen-bond donors (Lipinski definition) is 1. The van der Waals surface area contributed by atoms with E-state index in [1.165, 1.54) is 23.5 Å². The average molecular weight is 491 g/mol. The van der Waals surface area contributed by atoms with Gasteiger partial charge in [-0.3, -0.25) is 9.59 Å². The van der Waals surface area contributed by atoms with Gasteiger partial charge in [0.25, 0.3) is 5.91 Å². The van der Waals surface area contributed by atoms with Crippen LogP contribution < -0.4 is 10.2 Å². The Hall–Kier alpha value is -4.31. The maximum Gasteiger partial charge on any atom is 0.329 e. The van der Waals surface area contributed by atoms with Gasteiger partial charge >= 0.3 is 12.0 Å². The lowest BCUT2D eigenvalue weighted by atomic mass is 10.2. The number of ether oxygens (including phenoxy) is 1. The van der Waals surface area contributed by atoms with Gasteiger partial charge in [-0.2, -0.15) is 5.10 Å². The molecule has 0 bridgehead atoms. The molecule has 0 spiro atoms. The van der Waals surface area contributed by atoms with E-state index in [-0.39, 0.29) is 18.7 Å². The number of benzene rings is 2. The molecule has 1 atom stereocenters. The summed E-state index contributed by atoms with van der Waals surface area (Å²) < 4.78 is 20.4. The molecule has 3 amide bonds. The van der Waals surface area contributed by atoms with Gasteiger partial charge in [0.15, 0.2) is 0 Å². The molecule has 0 unspecified atom stereocenters. The Labute approximate surface area is 203 Å². The summed E-state index contributed by atoms with van der Waals surface area (Å²) in [5.41, 5.74) is 2.49. The van der Waals surface area contributed by atoms with Crippen molar-refractivity contribution in [3.63, 3.8) is 0 Å². The van der Waals surface area contributed by atoms with E-state index in [1.807, 2.05) is 47.8 Å². The van der Waals surface area contributed by atoms with Gasteiger partial charge < -0.3 is 10.1 Å². The summed E-state index contributed by atoms with van der Waals surface area (Å²) in [6.45, 7) is -0.0462. The van der Waals surface area contributed by atoms with E-state index in [9.17, 15) is 18.8 Å². The summed E-state index contributed by atoms with van der Waals surface area (Å²) in [5.74, 6) is -1.73. The molecule has 1 aliphatic rings. The Morgan fingerprint density at radius 3 is 2.51 bits per heavy atom. The van der Waals surface area contributed by atoms with Gasteiger partial charge in [0.1, 0.15) is 24.2 Å². The Kier molecular flexibility index (Phi) is 6.11. The van der Waals surface area contributed by atoms with Gasteiger partial charge in [-0.05, 0) is 47.8 Å². The van der Waals surface area contributed by atoms with Crippen molar-refractivity contribution in [3.8, 4) is 16.3 Å². The monoisotopic (exact) mass is 490 g/mol. The highest BCUT2D eigenvalue weighted by molar-refractivity contribution is 7.13. The van der Waals surface area contributed by atoms with Crippen molar-refractivity contribution in [2.45, 2.75) is 19.1 Å². The van der Waals surface area contributed by atoms with E-state index in [1.54, 1.807) is 10.9 Å². The van der Waals surface area contributed by atoms with Crippen molar-refractivity contribution in [1.82, 2.24) is 15.1 Å². The number of halogens is 1. The van der Waals surface area contributed by atoms with E-state index in [2.05, 4.69) is 10.4 Å². The number of nitrogens with zero attached hydrogens (tertiary/aromatic N) is 3. The van der Waals surface area contributed by atoms with Gasteiger partial charge in [-0.15, -0.1) is 11.3 Å². The van der Waals surface area contributed by atoms with Crippen LogP contribution in [0.2, 0.25) is 0 Å². The van der Waals surface area contributed by atoms with Crippen LogP contribution in [0.1, 0.15) is 12.0 Å². The van der Waals surface area contributed by atoms with E-state index in [0.29, 0.717) is 11.3 Å². The number of para-hydroxylation sites is 1. The van der Waals surface area contributed by atoms with Crippen LogP contribution in [-0.4, -0.2) is 33.7 Å². The molecule has 176 valence electrons. The van der Waals surface area contributed by atoms with Crippen molar-refractivity contribution >= 4 is 34.9 Å². The fraction of sp³-hybridized carbons (Fsp3) is 0.120. The standard InChI is InChI=1S/C25H19FN4O4S/c26-17-8-10-19(11-9-17)30-24(32)20(27-25(30)33)13-22(31)34-15-16-14-29(18-5-2-1-3-6-18)28-23(16)21-7-4-12-35-21/h1-12,14,20H,13,15H2,(H,27,33)/t20-/m1/s1. The SMILES string of the molecule is O=C(C[C@H]1NC(=O)N(c2ccc(F)cc2)C1=O)OCc1cn(-c2ccccc2)nc1-c1cccs1. The summed E-state index contributed by atoms with van der Waals surface area (Å²) in [7, 11) is 0. The second-order valence-corrected chi connectivity index (χ2v) is 8.73. The fourth-order valence-electron chi connectivity index (χ4n) is 3.74. The molecule has 0 aliphatic carbocycles. The third-order valence-electron chi connectivity index (χ3n) is 5.43. The number of anilines is 1. The highest BCUT2D eigenvalue weighted by Gasteiger charge is 2.40. The van der Waals surface area contributed by atoms with Gasteiger partial charge in [-0.25, -0.2) is 18.8 Å². The Balaban J connectivity index is 1.27. The number of carbonyl (C=O) groups is 3. The minimum atomic E-state index is -1.07. The molecule has 1 fully saturated rings. The number of imide groups is 1. The van der Waals surface area contributed by atoms with Crippen molar-refractivity contribution in [3.05, 3.63) is 89.7 Å². The fourth-order valence-corrected chi connectivity index (χ4v) is 4.48. The van der Waals surface area contributed by atoms with Crippen LogP contribution in [-0.2, 0) is 20.9 Å². The van der Waals surface area contributed by atoms with Crippen LogP contribution in [0.3, 0.4) is 0 Å². The molecule has 0 radical (unpaired) electrons. The highest BCUT2D eigenvalue weighted by Crippen LogP contribution is 2.28. The first-order chi connectivity index (χ1) is 17.0. The number of amides is 3. The topological polar surface area (TPSA) is 93.5 Å². The molecule has 1 N–H and O–H groups in total. The largest absolute Gasteiger partial charge is 0.461 e. The Morgan fingerprint density at radius 1 is 1.03 bits per heavy atom. The lowest BCUT2D eigenvalue weighted by Gasteiger charge is -2.12. The first kappa shape index (κ1) is 22.5. The van der Waals surface area contributed by atoms with Crippen molar-refractivity contribution < 1.29 is 23.5 Å². The van der Waals surface area contributed by atoms with E-state index in [0.717, 1.165) is 27.6 Å². The number of hydrogen-bond acceptors (Lipinski definition) is 6. The van der Waals surface area contributed by atoms with Gasteiger partial charge in [0.05, 0.1) is 22.7 Å². The molecule has 35 heavy (non-hydrogen) atoms. The van der Waals surface area contributed by atoms with Crippen molar-refractivity contribution in [2.24, 2.45) is 0 Å². The number of rotatable bonds is 7. The zero-order chi connectivity index (χ0) is 24.4. The predicted octanol–water partition coefficient (Wildman–Crippen LogP) is 4.30. The number of nitrogens with one attached hydrogen (secondary N) is 1. The van der Waals surface area contributed by atoms with Gasteiger partial charge in [0.2, 0.25) is 0 Å². The molecule has 2 aromatic heterocycles. The molecule has 10 heteroatoms. The average Bonchev–Trinajstić information content (AvgIpc) is 3.59. The molecule has 2 aromatic carbocycles. The smallest absolute Gasteiger partial charge is 0.329 e. The summed E-state index contributed by atoms with van der Waals surface area (Å²) in [4.78, 5) is 39.4. The lowest BCUT2D eigenvalue weighted by molar-refractivity contribution is -0.146. The molecule has 1 aliphatic heterocycles. The predicted molar refractivity (Wildman–Crippen MR) is 127 cm³/mol. The summed E-state index contributed by atoms with van der Waals surface area (Å²) in [6, 6.07) is 16.6. The zero-order valence-corrected chi connectivity index (χ0v) is 19.1. The first-order valence-corrected chi connectivity index (χ1v) is 11.6. The van der Waals surface area contributed by atoms with Crippen LogP contribution in [0.4, 0.5) is 14.9 Å². The Morgan fingerprint density at radius 2 is 1.80 bits per heavy atom. The van der Waals surface area contributed by atoms with E-state index < -0.39 is 29.8 Å². The molecular formula is C25H19FN4O4S. The molecule has 3 heterocycles. The number of carbonyl (C=O) groups excluding carboxylic acids is 3. The maximum absolute atomic E-state index is 13.2. The van der Waals surface area contributed by atoms with E-state index in [4.69, 9.17) is 4.74 Å². The summed E-state index contributed by atoms with van der Waals surface area (Å²) >= 11 is 1.52. The highest BCUT2D eigenvalue weighted by atomic mass is 32.1. The molecule has 1 saturated heterocycles. The van der Waals surface area contributed by atoms with Crippen LogP contribution in [0.5, 0.6) is 0 Å². The minimum absolute atomic E-state index is 0.0462.